The minimum atomic E-state index is 0.478. The monoisotopic (exact) mass is 415 g/mol. The SMILES string of the molecule is c1ccc(Oc2cc(-c3cnc4c5ccccc5n(-c5ccccn5)c4c3)ccn2)nc1. The molecular formula is C26H17N5O. The lowest BCUT2D eigenvalue weighted by atomic mass is 10.1. The Kier molecular flexibility index (Phi) is 4.32. The van der Waals surface area contributed by atoms with Gasteiger partial charge in [-0.2, -0.15) is 0 Å². The lowest BCUT2D eigenvalue weighted by Gasteiger charge is -2.08. The Labute approximate surface area is 183 Å². The van der Waals surface area contributed by atoms with E-state index < -0.39 is 0 Å². The Morgan fingerprint density at radius 2 is 1.41 bits per heavy atom. The van der Waals surface area contributed by atoms with E-state index in [1.165, 1.54) is 0 Å². The Balaban J connectivity index is 1.50. The molecule has 0 saturated heterocycles. The summed E-state index contributed by atoms with van der Waals surface area (Å²) in [5.41, 5.74) is 4.92. The van der Waals surface area contributed by atoms with Gasteiger partial charge in [0.05, 0.1) is 16.6 Å². The number of para-hydroxylation sites is 1. The molecule has 0 fully saturated rings. The maximum Gasteiger partial charge on any atom is 0.221 e. The number of pyridine rings is 4. The summed E-state index contributed by atoms with van der Waals surface area (Å²) >= 11 is 0. The van der Waals surface area contributed by atoms with Crippen molar-refractivity contribution in [2.75, 3.05) is 0 Å². The molecule has 0 unspecified atom stereocenters. The summed E-state index contributed by atoms with van der Waals surface area (Å²) in [5, 5.41) is 1.09. The van der Waals surface area contributed by atoms with Crippen LogP contribution in [0, 0.1) is 0 Å². The highest BCUT2D eigenvalue weighted by atomic mass is 16.5. The van der Waals surface area contributed by atoms with Gasteiger partial charge in [0.15, 0.2) is 0 Å². The van der Waals surface area contributed by atoms with Crippen LogP contribution in [0.5, 0.6) is 11.8 Å². The summed E-state index contributed by atoms with van der Waals surface area (Å²) < 4.78 is 7.96. The molecule has 0 N–H and O–H groups in total. The number of rotatable bonds is 4. The van der Waals surface area contributed by atoms with Crippen LogP contribution in [0.2, 0.25) is 0 Å². The second-order valence-corrected chi connectivity index (χ2v) is 7.29. The molecule has 6 rings (SSSR count). The highest BCUT2D eigenvalue weighted by Crippen LogP contribution is 2.33. The first-order valence-corrected chi connectivity index (χ1v) is 10.2. The Morgan fingerprint density at radius 1 is 0.594 bits per heavy atom. The zero-order chi connectivity index (χ0) is 21.3. The summed E-state index contributed by atoms with van der Waals surface area (Å²) in [7, 11) is 0. The number of hydrogen-bond donors (Lipinski definition) is 0. The van der Waals surface area contributed by atoms with E-state index in [1.54, 1.807) is 24.7 Å². The van der Waals surface area contributed by atoms with Gasteiger partial charge in [0.1, 0.15) is 5.82 Å². The molecule has 5 heterocycles. The van der Waals surface area contributed by atoms with E-state index in [0.717, 1.165) is 38.9 Å². The molecule has 0 radical (unpaired) electrons. The third-order valence-corrected chi connectivity index (χ3v) is 5.30. The Bertz CT molecular complexity index is 1550. The van der Waals surface area contributed by atoms with Crippen LogP contribution in [0.25, 0.3) is 38.9 Å². The van der Waals surface area contributed by atoms with Crippen molar-refractivity contribution in [2.45, 2.75) is 0 Å². The quantitative estimate of drug-likeness (QED) is 0.363. The first-order chi connectivity index (χ1) is 15.9. The van der Waals surface area contributed by atoms with Gasteiger partial charge in [-0.15, -0.1) is 0 Å². The van der Waals surface area contributed by atoms with Gasteiger partial charge in [-0.1, -0.05) is 30.3 Å². The fraction of sp³-hybridized carbons (Fsp3) is 0. The van der Waals surface area contributed by atoms with Crippen LogP contribution in [-0.4, -0.2) is 24.5 Å². The molecule has 0 saturated carbocycles. The summed E-state index contributed by atoms with van der Waals surface area (Å²) in [5.74, 6) is 1.83. The molecule has 0 spiro atoms. The van der Waals surface area contributed by atoms with Gasteiger partial charge in [-0.3, -0.25) is 9.55 Å². The number of hydrogen-bond acceptors (Lipinski definition) is 5. The average Bonchev–Trinajstić information content (AvgIpc) is 3.19. The van der Waals surface area contributed by atoms with E-state index in [2.05, 4.69) is 37.7 Å². The van der Waals surface area contributed by atoms with E-state index in [0.29, 0.717) is 11.8 Å². The van der Waals surface area contributed by atoms with Crippen LogP contribution in [0.1, 0.15) is 0 Å². The summed E-state index contributed by atoms with van der Waals surface area (Å²) in [6, 6.07) is 25.7. The Hall–Kier alpha value is -4.58. The zero-order valence-electron chi connectivity index (χ0n) is 17.0. The molecule has 32 heavy (non-hydrogen) atoms. The predicted octanol–water partition coefficient (Wildman–Crippen LogP) is 5.82. The Morgan fingerprint density at radius 3 is 2.25 bits per heavy atom. The fourth-order valence-corrected chi connectivity index (χ4v) is 3.88. The maximum atomic E-state index is 5.81. The number of fused-ring (bicyclic) bond motifs is 3. The average molecular weight is 415 g/mol. The van der Waals surface area contributed by atoms with Crippen molar-refractivity contribution in [3.8, 4) is 28.7 Å². The zero-order valence-corrected chi connectivity index (χ0v) is 17.0. The maximum absolute atomic E-state index is 5.81. The fourth-order valence-electron chi connectivity index (χ4n) is 3.88. The van der Waals surface area contributed by atoms with Crippen LogP contribution in [-0.2, 0) is 0 Å². The molecule has 0 bridgehead atoms. The van der Waals surface area contributed by atoms with E-state index in [1.807, 2.05) is 60.8 Å². The number of ether oxygens (including phenoxy) is 1. The lowest BCUT2D eigenvalue weighted by molar-refractivity contribution is 0.445. The molecule has 0 aliphatic carbocycles. The van der Waals surface area contributed by atoms with Crippen molar-refractivity contribution in [1.29, 1.82) is 0 Å². The van der Waals surface area contributed by atoms with Gasteiger partial charge < -0.3 is 4.74 Å². The molecule has 0 aliphatic rings. The molecule has 6 nitrogen and oxygen atoms in total. The van der Waals surface area contributed by atoms with E-state index in [4.69, 9.17) is 9.72 Å². The minimum Gasteiger partial charge on any atom is -0.421 e. The van der Waals surface area contributed by atoms with Gasteiger partial charge in [0, 0.05) is 47.9 Å². The van der Waals surface area contributed by atoms with Crippen molar-refractivity contribution >= 4 is 21.9 Å². The highest BCUT2D eigenvalue weighted by molar-refractivity contribution is 6.07. The first-order valence-electron chi connectivity index (χ1n) is 10.2. The van der Waals surface area contributed by atoms with Crippen molar-refractivity contribution in [2.24, 2.45) is 0 Å². The van der Waals surface area contributed by atoms with Gasteiger partial charge in [-0.25, -0.2) is 15.0 Å². The van der Waals surface area contributed by atoms with Crippen LogP contribution in [0.3, 0.4) is 0 Å². The van der Waals surface area contributed by atoms with Crippen LogP contribution < -0.4 is 4.74 Å². The topological polar surface area (TPSA) is 65.7 Å². The molecule has 0 atom stereocenters. The second kappa shape index (κ2) is 7.59. The minimum absolute atomic E-state index is 0.478. The van der Waals surface area contributed by atoms with Gasteiger partial charge >= 0.3 is 0 Å². The molecule has 6 aromatic rings. The van der Waals surface area contributed by atoms with Gasteiger partial charge in [0.25, 0.3) is 0 Å². The molecule has 0 amide bonds. The lowest BCUT2D eigenvalue weighted by Crippen LogP contribution is -1.96. The van der Waals surface area contributed by atoms with Crippen LogP contribution in [0.4, 0.5) is 0 Å². The highest BCUT2D eigenvalue weighted by Gasteiger charge is 2.15. The molecule has 1 aromatic carbocycles. The van der Waals surface area contributed by atoms with Crippen molar-refractivity contribution in [3.05, 3.63) is 104 Å². The molecule has 0 aliphatic heterocycles. The molecule has 5 aromatic heterocycles. The van der Waals surface area contributed by atoms with Crippen LogP contribution >= 0.6 is 0 Å². The number of benzene rings is 1. The summed E-state index contributed by atoms with van der Waals surface area (Å²) in [6.07, 6.45) is 7.11. The van der Waals surface area contributed by atoms with E-state index in [9.17, 15) is 0 Å². The van der Waals surface area contributed by atoms with E-state index in [-0.39, 0.29) is 0 Å². The van der Waals surface area contributed by atoms with E-state index >= 15 is 0 Å². The normalized spacial score (nSPS) is 11.1. The van der Waals surface area contributed by atoms with Crippen molar-refractivity contribution < 1.29 is 4.74 Å². The van der Waals surface area contributed by atoms with Gasteiger partial charge in [-0.05, 0) is 42.0 Å². The van der Waals surface area contributed by atoms with Crippen molar-refractivity contribution in [1.82, 2.24) is 24.5 Å². The number of nitrogens with zero attached hydrogens (tertiary/aromatic N) is 5. The second-order valence-electron chi connectivity index (χ2n) is 7.29. The predicted molar refractivity (Wildman–Crippen MR) is 124 cm³/mol. The molecular weight excluding hydrogens is 398 g/mol. The smallest absolute Gasteiger partial charge is 0.221 e. The number of aromatic nitrogens is 5. The molecule has 6 heteroatoms. The third-order valence-electron chi connectivity index (χ3n) is 5.30. The van der Waals surface area contributed by atoms with Gasteiger partial charge in [0.2, 0.25) is 11.8 Å². The first kappa shape index (κ1) is 18.2. The third kappa shape index (κ3) is 3.15. The molecule has 152 valence electrons. The largest absolute Gasteiger partial charge is 0.421 e. The van der Waals surface area contributed by atoms with Crippen molar-refractivity contribution in [3.63, 3.8) is 0 Å². The standard InChI is InChI=1S/C26H17N5O/c1-2-8-21-20(7-1)26-22(31(21)23-9-3-5-12-27-23)15-19(17-30-26)18-11-14-29-25(16-18)32-24-10-4-6-13-28-24/h1-17H. The summed E-state index contributed by atoms with van der Waals surface area (Å²) in [6.45, 7) is 0. The summed E-state index contributed by atoms with van der Waals surface area (Å²) in [4.78, 5) is 17.9. The van der Waals surface area contributed by atoms with Crippen LogP contribution in [0.15, 0.2) is 104 Å².